The second kappa shape index (κ2) is 10.6. The van der Waals surface area contributed by atoms with E-state index in [0.29, 0.717) is 17.2 Å². The summed E-state index contributed by atoms with van der Waals surface area (Å²) >= 11 is 0. The number of rotatable bonds is 9. The summed E-state index contributed by atoms with van der Waals surface area (Å²) in [5.74, 6) is -0.347. The molecular weight excluding hydrogens is 432 g/mol. The molecule has 0 aromatic heterocycles. The number of ether oxygens (including phenoxy) is 2. The summed E-state index contributed by atoms with van der Waals surface area (Å²) in [6.07, 6.45) is 0. The number of esters is 1. The van der Waals surface area contributed by atoms with Gasteiger partial charge < -0.3 is 14.8 Å². The van der Waals surface area contributed by atoms with Gasteiger partial charge in [-0.2, -0.15) is 0 Å². The maximum absolute atomic E-state index is 12.4. The van der Waals surface area contributed by atoms with Crippen LogP contribution in [0, 0.1) is 13.8 Å². The molecule has 32 heavy (non-hydrogen) atoms. The molecule has 0 saturated heterocycles. The van der Waals surface area contributed by atoms with E-state index in [1.807, 2.05) is 19.1 Å². The number of sulfonamides is 1. The smallest absolute Gasteiger partial charge is 0.344 e. The molecule has 0 aliphatic carbocycles. The fourth-order valence-electron chi connectivity index (χ4n) is 3.07. The van der Waals surface area contributed by atoms with Gasteiger partial charge in [-0.3, -0.25) is 4.79 Å². The number of aryl methyl sites for hydroxylation is 2. The van der Waals surface area contributed by atoms with Crippen molar-refractivity contribution in [2.45, 2.75) is 38.5 Å². The number of hydrogen-bond acceptors (Lipinski definition) is 6. The van der Waals surface area contributed by atoms with Crippen LogP contribution in [0.2, 0.25) is 0 Å². The average Bonchev–Trinajstić information content (AvgIpc) is 2.71. The second-order valence-corrected chi connectivity index (χ2v) is 10.1. The van der Waals surface area contributed by atoms with Crippen molar-refractivity contribution in [1.29, 1.82) is 0 Å². The van der Waals surface area contributed by atoms with Crippen molar-refractivity contribution < 1.29 is 27.5 Å². The quantitative estimate of drug-likeness (QED) is 0.574. The number of hydrogen-bond donors (Lipinski definition) is 1. The van der Waals surface area contributed by atoms with Crippen LogP contribution < -0.4 is 10.1 Å². The molecule has 2 aromatic carbocycles. The highest BCUT2D eigenvalue weighted by molar-refractivity contribution is 7.89. The summed E-state index contributed by atoms with van der Waals surface area (Å²) < 4.78 is 36.3. The number of anilines is 1. The normalized spacial score (nSPS) is 11.5. The van der Waals surface area contributed by atoms with E-state index in [1.54, 1.807) is 25.1 Å². The Morgan fingerprint density at radius 3 is 2.28 bits per heavy atom. The number of amides is 1. The second-order valence-electron chi connectivity index (χ2n) is 7.94. The molecule has 2 rings (SSSR count). The minimum atomic E-state index is -3.66. The van der Waals surface area contributed by atoms with Crippen molar-refractivity contribution >= 4 is 27.6 Å². The van der Waals surface area contributed by atoms with Crippen molar-refractivity contribution in [3.8, 4) is 5.75 Å². The molecular formula is C23H30N2O6S. The zero-order valence-electron chi connectivity index (χ0n) is 19.3. The van der Waals surface area contributed by atoms with Gasteiger partial charge in [0.25, 0.3) is 5.91 Å². The number of carbonyl (C=O) groups is 2. The monoisotopic (exact) mass is 462 g/mol. The third-order valence-electron chi connectivity index (χ3n) is 4.81. The first-order valence-corrected chi connectivity index (χ1v) is 11.6. The Labute approximate surface area is 189 Å². The van der Waals surface area contributed by atoms with Gasteiger partial charge in [0, 0.05) is 19.8 Å². The molecule has 0 radical (unpaired) electrons. The van der Waals surface area contributed by atoms with E-state index in [2.05, 4.69) is 19.2 Å². The van der Waals surface area contributed by atoms with Crippen molar-refractivity contribution in [3.05, 3.63) is 53.1 Å². The average molecular weight is 463 g/mol. The predicted octanol–water partition coefficient (Wildman–Crippen LogP) is 3.24. The van der Waals surface area contributed by atoms with Gasteiger partial charge in [0.15, 0.2) is 13.2 Å². The van der Waals surface area contributed by atoms with Crippen LogP contribution >= 0.6 is 0 Å². The molecule has 0 unspecified atom stereocenters. The van der Waals surface area contributed by atoms with Crippen molar-refractivity contribution in [2.75, 3.05) is 32.6 Å². The number of nitrogens with one attached hydrogen (secondary N) is 1. The van der Waals surface area contributed by atoms with E-state index in [-0.39, 0.29) is 17.2 Å². The zero-order chi connectivity index (χ0) is 24.1. The Morgan fingerprint density at radius 2 is 1.69 bits per heavy atom. The van der Waals surface area contributed by atoms with Crippen LogP contribution in [0.1, 0.15) is 36.5 Å². The first-order valence-electron chi connectivity index (χ1n) is 10.1. The molecule has 8 nitrogen and oxygen atoms in total. The van der Waals surface area contributed by atoms with Gasteiger partial charge in [-0.15, -0.1) is 0 Å². The van der Waals surface area contributed by atoms with E-state index < -0.39 is 28.5 Å². The van der Waals surface area contributed by atoms with Crippen molar-refractivity contribution in [3.63, 3.8) is 0 Å². The van der Waals surface area contributed by atoms with Crippen LogP contribution in [-0.4, -0.2) is 51.9 Å². The molecule has 1 N–H and O–H groups in total. The number of benzene rings is 2. The molecule has 0 aliphatic heterocycles. The van der Waals surface area contributed by atoms with Crippen LogP contribution in [0.3, 0.4) is 0 Å². The van der Waals surface area contributed by atoms with Gasteiger partial charge >= 0.3 is 5.97 Å². The Morgan fingerprint density at radius 1 is 1.00 bits per heavy atom. The molecule has 0 bridgehead atoms. The highest BCUT2D eigenvalue weighted by Crippen LogP contribution is 2.24. The first kappa shape index (κ1) is 25.4. The molecule has 2 aromatic rings. The molecule has 0 aliphatic rings. The van der Waals surface area contributed by atoms with E-state index >= 15 is 0 Å². The van der Waals surface area contributed by atoms with Crippen molar-refractivity contribution in [2.24, 2.45) is 0 Å². The molecule has 0 saturated carbocycles. The summed E-state index contributed by atoms with van der Waals surface area (Å²) in [4.78, 5) is 24.1. The lowest BCUT2D eigenvalue weighted by atomic mass is 9.98. The standard InChI is InChI=1S/C23H30N2O6S/c1-15(2)20-10-9-19(11-17(20)4)30-14-23(27)31-13-22(26)24-18-8-7-16(3)21(12-18)32(28,29)25(5)6/h7-12,15H,13-14H2,1-6H3,(H,24,26). The van der Waals surface area contributed by atoms with Gasteiger partial charge in [0.2, 0.25) is 10.0 Å². The Hall–Kier alpha value is -2.91. The SMILES string of the molecule is Cc1cc(OCC(=O)OCC(=O)Nc2ccc(C)c(S(=O)(=O)N(C)C)c2)ccc1C(C)C. The minimum Gasteiger partial charge on any atom is -0.482 e. The maximum Gasteiger partial charge on any atom is 0.344 e. The molecule has 0 spiro atoms. The highest BCUT2D eigenvalue weighted by Gasteiger charge is 2.20. The van der Waals surface area contributed by atoms with E-state index in [0.717, 1.165) is 9.87 Å². The molecule has 0 fully saturated rings. The summed E-state index contributed by atoms with van der Waals surface area (Å²) in [5.41, 5.74) is 3.11. The van der Waals surface area contributed by atoms with Crippen LogP contribution in [0.25, 0.3) is 0 Å². The van der Waals surface area contributed by atoms with E-state index in [1.165, 1.54) is 25.7 Å². The Bertz CT molecular complexity index is 1090. The first-order chi connectivity index (χ1) is 14.9. The highest BCUT2D eigenvalue weighted by atomic mass is 32.2. The molecule has 1 amide bonds. The molecule has 174 valence electrons. The van der Waals surface area contributed by atoms with Crippen LogP contribution in [0.5, 0.6) is 5.75 Å². The maximum atomic E-state index is 12.4. The predicted molar refractivity (Wildman–Crippen MR) is 122 cm³/mol. The summed E-state index contributed by atoms with van der Waals surface area (Å²) in [6.45, 7) is 7.00. The number of nitrogens with zero attached hydrogens (tertiary/aromatic N) is 1. The van der Waals surface area contributed by atoms with Crippen molar-refractivity contribution in [1.82, 2.24) is 4.31 Å². The fraction of sp³-hybridized carbons (Fsp3) is 0.391. The number of carbonyl (C=O) groups excluding carboxylic acids is 2. The summed E-state index contributed by atoms with van der Waals surface area (Å²) in [7, 11) is -0.792. The van der Waals surface area contributed by atoms with Gasteiger partial charge in [-0.1, -0.05) is 26.0 Å². The largest absolute Gasteiger partial charge is 0.482 e. The topological polar surface area (TPSA) is 102 Å². The lowest BCUT2D eigenvalue weighted by molar-refractivity contribution is -0.149. The Kier molecular flexibility index (Phi) is 8.40. The summed E-state index contributed by atoms with van der Waals surface area (Å²) in [6, 6.07) is 10.1. The molecule has 0 atom stereocenters. The van der Waals surface area contributed by atoms with Gasteiger partial charge in [-0.05, 0) is 60.7 Å². The lowest BCUT2D eigenvalue weighted by Crippen LogP contribution is -2.25. The van der Waals surface area contributed by atoms with E-state index in [9.17, 15) is 18.0 Å². The summed E-state index contributed by atoms with van der Waals surface area (Å²) in [5, 5.41) is 2.53. The third kappa shape index (κ3) is 6.54. The van der Waals surface area contributed by atoms with E-state index in [4.69, 9.17) is 9.47 Å². The van der Waals surface area contributed by atoms with Gasteiger partial charge in [0.05, 0.1) is 4.90 Å². The minimum absolute atomic E-state index is 0.0875. The van der Waals surface area contributed by atoms with Crippen LogP contribution in [0.4, 0.5) is 5.69 Å². The fourth-order valence-corrected chi connectivity index (χ4v) is 4.21. The molecule has 0 heterocycles. The molecule has 9 heteroatoms. The van der Waals surface area contributed by atoms with Crippen LogP contribution in [0.15, 0.2) is 41.3 Å². The van der Waals surface area contributed by atoms with Crippen LogP contribution in [-0.2, 0) is 24.3 Å². The van der Waals surface area contributed by atoms with Gasteiger partial charge in [-0.25, -0.2) is 17.5 Å². The van der Waals surface area contributed by atoms with Gasteiger partial charge in [0.1, 0.15) is 5.75 Å². The Balaban J connectivity index is 1.89. The third-order valence-corrected chi connectivity index (χ3v) is 6.77. The zero-order valence-corrected chi connectivity index (χ0v) is 20.1. The lowest BCUT2D eigenvalue weighted by Gasteiger charge is -2.15.